The van der Waals surface area contributed by atoms with E-state index in [-0.39, 0.29) is 0 Å². The van der Waals surface area contributed by atoms with E-state index in [0.717, 1.165) is 11.1 Å². The van der Waals surface area contributed by atoms with Crippen LogP contribution in [0.1, 0.15) is 18.1 Å². The topological polar surface area (TPSA) is 21.6 Å². The fourth-order valence-corrected chi connectivity index (χ4v) is 0.936. The maximum atomic E-state index is 4.99. The Kier molecular flexibility index (Phi) is 3.76. The molecule has 0 aliphatic rings. The zero-order valence-corrected chi connectivity index (χ0v) is 7.73. The summed E-state index contributed by atoms with van der Waals surface area (Å²) in [5.74, 6) is 0. The van der Waals surface area contributed by atoms with Crippen LogP contribution in [0, 0.1) is 0 Å². The third-order valence-electron chi connectivity index (χ3n) is 1.63. The first kappa shape index (κ1) is 9.52. The summed E-state index contributed by atoms with van der Waals surface area (Å²) in [6.07, 6.45) is 3.44. The summed E-state index contributed by atoms with van der Waals surface area (Å²) in [4.78, 5) is 4.99. The minimum atomic E-state index is 0.516. The number of nitrogens with zero attached hydrogens (tertiary/aromatic N) is 1. The lowest BCUT2D eigenvalue weighted by Gasteiger charge is -1.99. The van der Waals surface area contributed by atoms with Crippen LogP contribution in [0.5, 0.6) is 0 Å². The lowest BCUT2D eigenvalue weighted by molar-refractivity contribution is 0.132. The van der Waals surface area contributed by atoms with Gasteiger partial charge in [0, 0.05) is 6.21 Å². The van der Waals surface area contributed by atoms with Crippen molar-refractivity contribution in [2.45, 2.75) is 13.5 Å². The van der Waals surface area contributed by atoms with Gasteiger partial charge in [-0.25, -0.2) is 0 Å². The van der Waals surface area contributed by atoms with Crippen molar-refractivity contribution < 1.29 is 4.84 Å². The van der Waals surface area contributed by atoms with Crippen LogP contribution in [0.3, 0.4) is 0 Å². The molecule has 0 radical (unpaired) electrons. The van der Waals surface area contributed by atoms with E-state index in [4.69, 9.17) is 4.84 Å². The molecule has 0 bridgehead atoms. The molecular formula is C11H13NO. The van der Waals surface area contributed by atoms with Gasteiger partial charge in [-0.15, -0.1) is 0 Å². The molecule has 0 heterocycles. The number of hydrogen-bond acceptors (Lipinski definition) is 2. The van der Waals surface area contributed by atoms with Crippen LogP contribution in [0.25, 0.3) is 6.08 Å². The molecular weight excluding hydrogens is 162 g/mol. The zero-order chi connectivity index (χ0) is 9.52. The lowest BCUT2D eigenvalue weighted by atomic mass is 10.1. The summed E-state index contributed by atoms with van der Waals surface area (Å²) in [6, 6.07) is 8.01. The quantitative estimate of drug-likeness (QED) is 0.509. The van der Waals surface area contributed by atoms with Gasteiger partial charge in [0.15, 0.2) is 0 Å². The Morgan fingerprint density at radius 1 is 1.38 bits per heavy atom. The van der Waals surface area contributed by atoms with E-state index < -0.39 is 0 Å². The van der Waals surface area contributed by atoms with Crippen molar-refractivity contribution in [3.8, 4) is 0 Å². The van der Waals surface area contributed by atoms with E-state index in [0.29, 0.717) is 6.61 Å². The largest absolute Gasteiger partial charge is 0.391 e. The Morgan fingerprint density at radius 3 is 2.62 bits per heavy atom. The second-order valence-electron chi connectivity index (χ2n) is 2.58. The standard InChI is InChI=1S/C11H13NO/c1-3-10-5-7-11(8-6-10)9-13-12-4-2/h3-8H,1,9H2,2H3. The zero-order valence-electron chi connectivity index (χ0n) is 7.73. The highest BCUT2D eigenvalue weighted by atomic mass is 16.6. The predicted octanol–water partition coefficient (Wildman–Crippen LogP) is 2.85. The van der Waals surface area contributed by atoms with E-state index in [9.17, 15) is 0 Å². The molecule has 1 rings (SSSR count). The van der Waals surface area contributed by atoms with E-state index in [2.05, 4.69) is 11.7 Å². The van der Waals surface area contributed by atoms with E-state index in [1.165, 1.54) is 0 Å². The number of rotatable bonds is 4. The van der Waals surface area contributed by atoms with Crippen LogP contribution in [0.2, 0.25) is 0 Å². The van der Waals surface area contributed by atoms with Crippen molar-refractivity contribution in [2.75, 3.05) is 0 Å². The highest BCUT2D eigenvalue weighted by Crippen LogP contribution is 2.06. The molecule has 13 heavy (non-hydrogen) atoms. The number of oxime groups is 1. The molecule has 68 valence electrons. The first-order valence-corrected chi connectivity index (χ1v) is 4.18. The minimum Gasteiger partial charge on any atom is -0.391 e. The van der Waals surface area contributed by atoms with Gasteiger partial charge in [0.05, 0.1) is 0 Å². The van der Waals surface area contributed by atoms with Gasteiger partial charge in [-0.1, -0.05) is 42.1 Å². The Morgan fingerprint density at radius 2 is 2.08 bits per heavy atom. The molecule has 0 fully saturated rings. The summed E-state index contributed by atoms with van der Waals surface area (Å²) in [7, 11) is 0. The molecule has 2 nitrogen and oxygen atoms in total. The van der Waals surface area contributed by atoms with Crippen LogP contribution < -0.4 is 0 Å². The maximum absolute atomic E-state index is 4.99. The summed E-state index contributed by atoms with van der Waals surface area (Å²) >= 11 is 0. The molecule has 0 aromatic heterocycles. The van der Waals surface area contributed by atoms with Crippen LogP contribution >= 0.6 is 0 Å². The van der Waals surface area contributed by atoms with Gasteiger partial charge in [0.1, 0.15) is 6.61 Å². The van der Waals surface area contributed by atoms with Crippen LogP contribution in [-0.2, 0) is 11.4 Å². The Balaban J connectivity index is 2.53. The van der Waals surface area contributed by atoms with Gasteiger partial charge in [-0.05, 0) is 18.1 Å². The molecule has 0 saturated carbocycles. The minimum absolute atomic E-state index is 0.516. The van der Waals surface area contributed by atoms with Gasteiger partial charge in [-0.3, -0.25) is 0 Å². The normalized spacial score (nSPS) is 10.2. The third-order valence-corrected chi connectivity index (χ3v) is 1.63. The molecule has 0 aliphatic carbocycles. The SMILES string of the molecule is C=Cc1ccc(CON=CC)cc1. The van der Waals surface area contributed by atoms with Gasteiger partial charge >= 0.3 is 0 Å². The predicted molar refractivity (Wildman–Crippen MR) is 55.5 cm³/mol. The summed E-state index contributed by atoms with van der Waals surface area (Å²) < 4.78 is 0. The summed E-state index contributed by atoms with van der Waals surface area (Å²) in [5, 5.41) is 3.66. The highest BCUT2D eigenvalue weighted by molar-refractivity contribution is 5.52. The molecule has 0 saturated heterocycles. The lowest BCUT2D eigenvalue weighted by Crippen LogP contribution is -1.86. The molecule has 1 aromatic carbocycles. The Labute approximate surface area is 78.5 Å². The monoisotopic (exact) mass is 175 g/mol. The van der Waals surface area contributed by atoms with Crippen molar-refractivity contribution in [2.24, 2.45) is 5.16 Å². The first-order chi connectivity index (χ1) is 6.36. The van der Waals surface area contributed by atoms with Crippen molar-refractivity contribution in [1.29, 1.82) is 0 Å². The summed E-state index contributed by atoms with van der Waals surface area (Å²) in [5.41, 5.74) is 2.22. The fourth-order valence-electron chi connectivity index (χ4n) is 0.936. The van der Waals surface area contributed by atoms with E-state index >= 15 is 0 Å². The van der Waals surface area contributed by atoms with E-state index in [1.54, 1.807) is 6.21 Å². The average Bonchev–Trinajstić information content (AvgIpc) is 2.19. The first-order valence-electron chi connectivity index (χ1n) is 4.18. The maximum Gasteiger partial charge on any atom is 0.142 e. The molecule has 0 amide bonds. The van der Waals surface area contributed by atoms with Crippen LogP contribution in [-0.4, -0.2) is 6.21 Å². The molecule has 0 unspecified atom stereocenters. The third kappa shape index (κ3) is 3.11. The highest BCUT2D eigenvalue weighted by Gasteiger charge is 1.91. The van der Waals surface area contributed by atoms with Crippen molar-refractivity contribution in [1.82, 2.24) is 0 Å². The molecule has 0 spiro atoms. The summed E-state index contributed by atoms with van der Waals surface area (Å²) in [6.45, 7) is 6.02. The van der Waals surface area contributed by atoms with Crippen molar-refractivity contribution in [3.05, 3.63) is 42.0 Å². The van der Waals surface area contributed by atoms with Crippen LogP contribution in [0.4, 0.5) is 0 Å². The average molecular weight is 175 g/mol. The second-order valence-corrected chi connectivity index (χ2v) is 2.58. The molecule has 0 aliphatic heterocycles. The van der Waals surface area contributed by atoms with Crippen molar-refractivity contribution >= 4 is 12.3 Å². The van der Waals surface area contributed by atoms with Gasteiger partial charge in [-0.2, -0.15) is 0 Å². The molecule has 0 atom stereocenters. The molecule has 1 aromatic rings. The Bertz CT molecular complexity index is 287. The Hall–Kier alpha value is -1.57. The van der Waals surface area contributed by atoms with Gasteiger partial charge < -0.3 is 4.84 Å². The van der Waals surface area contributed by atoms with Crippen molar-refractivity contribution in [3.63, 3.8) is 0 Å². The number of hydrogen-bond donors (Lipinski definition) is 0. The van der Waals surface area contributed by atoms with Crippen LogP contribution in [0.15, 0.2) is 36.0 Å². The molecule has 2 heteroatoms. The second kappa shape index (κ2) is 5.14. The van der Waals surface area contributed by atoms with E-state index in [1.807, 2.05) is 37.3 Å². The molecule has 0 N–H and O–H groups in total. The van der Waals surface area contributed by atoms with Gasteiger partial charge in [0.25, 0.3) is 0 Å². The fraction of sp³-hybridized carbons (Fsp3) is 0.182. The van der Waals surface area contributed by atoms with Gasteiger partial charge in [0.2, 0.25) is 0 Å². The number of benzene rings is 1. The smallest absolute Gasteiger partial charge is 0.142 e.